The fraction of sp³-hybridized carbons (Fsp3) is 0.423. The number of thiophene rings is 1. The maximum Gasteiger partial charge on any atom is 0.416 e. The van der Waals surface area contributed by atoms with E-state index in [2.05, 4.69) is 6.92 Å². The molecule has 8 heteroatoms. The van der Waals surface area contributed by atoms with Gasteiger partial charge in [0.1, 0.15) is 5.75 Å². The van der Waals surface area contributed by atoms with Gasteiger partial charge in [-0.05, 0) is 85.2 Å². The zero-order valence-corrected chi connectivity index (χ0v) is 21.1. The molecule has 0 fully saturated rings. The summed E-state index contributed by atoms with van der Waals surface area (Å²) >= 11 is 3.22. The molecule has 1 heterocycles. The van der Waals surface area contributed by atoms with Crippen molar-refractivity contribution < 1.29 is 27.8 Å². The first-order valence-corrected chi connectivity index (χ1v) is 13.1. The van der Waals surface area contributed by atoms with Crippen LogP contribution >= 0.6 is 23.1 Å². The fourth-order valence-electron chi connectivity index (χ4n) is 4.00. The van der Waals surface area contributed by atoms with E-state index in [1.807, 2.05) is 26.0 Å². The van der Waals surface area contributed by atoms with Gasteiger partial charge in [0.25, 0.3) is 0 Å². The molecule has 1 aromatic heterocycles. The molecule has 0 amide bonds. The average molecular weight is 511 g/mol. The SMILES string of the molecule is CCCCC(CCSc1ccc(OCC(=O)O)c(C)c1)c1sc2cc(C(F)(F)F)ccc2c1C. The highest BCUT2D eigenvalue weighted by molar-refractivity contribution is 7.99. The van der Waals surface area contributed by atoms with Crippen LogP contribution in [-0.4, -0.2) is 23.4 Å². The monoisotopic (exact) mass is 510 g/mol. The first kappa shape index (κ1) is 26.4. The van der Waals surface area contributed by atoms with Crippen LogP contribution in [0.1, 0.15) is 60.1 Å². The highest BCUT2D eigenvalue weighted by Crippen LogP contribution is 2.42. The quantitative estimate of drug-likeness (QED) is 0.263. The molecule has 0 spiro atoms. The molecule has 3 nitrogen and oxygen atoms in total. The lowest BCUT2D eigenvalue weighted by molar-refractivity contribution is -0.139. The molecule has 0 saturated heterocycles. The summed E-state index contributed by atoms with van der Waals surface area (Å²) < 4.78 is 45.5. The Bertz CT molecular complexity index is 1140. The van der Waals surface area contributed by atoms with Crippen LogP contribution in [0, 0.1) is 13.8 Å². The predicted molar refractivity (Wildman–Crippen MR) is 133 cm³/mol. The number of fused-ring (bicyclic) bond motifs is 1. The lowest BCUT2D eigenvalue weighted by Gasteiger charge is -2.17. The van der Waals surface area contributed by atoms with E-state index in [0.717, 1.165) is 52.8 Å². The van der Waals surface area contributed by atoms with Crippen LogP contribution in [0.2, 0.25) is 0 Å². The molecular formula is C26H29F3O3S2. The number of rotatable bonds is 11. The third-order valence-corrected chi connectivity index (χ3v) is 8.26. The highest BCUT2D eigenvalue weighted by Gasteiger charge is 2.31. The number of hydrogen-bond donors (Lipinski definition) is 1. The zero-order valence-electron chi connectivity index (χ0n) is 19.5. The molecule has 0 aliphatic rings. The summed E-state index contributed by atoms with van der Waals surface area (Å²) in [5, 5.41) is 9.69. The van der Waals surface area contributed by atoms with E-state index in [1.165, 1.54) is 28.3 Å². The summed E-state index contributed by atoms with van der Waals surface area (Å²) in [5.41, 5.74) is 1.38. The number of halogens is 3. The van der Waals surface area contributed by atoms with Crippen molar-refractivity contribution in [3.8, 4) is 5.75 Å². The lowest BCUT2D eigenvalue weighted by Crippen LogP contribution is -2.10. The van der Waals surface area contributed by atoms with Crippen LogP contribution in [0.5, 0.6) is 5.75 Å². The van der Waals surface area contributed by atoms with E-state index in [9.17, 15) is 18.0 Å². The Balaban J connectivity index is 1.73. The van der Waals surface area contributed by atoms with Crippen molar-refractivity contribution in [2.24, 2.45) is 0 Å². The van der Waals surface area contributed by atoms with E-state index in [4.69, 9.17) is 9.84 Å². The van der Waals surface area contributed by atoms with Gasteiger partial charge in [0.05, 0.1) is 5.56 Å². The summed E-state index contributed by atoms with van der Waals surface area (Å²) in [5.74, 6) is 0.734. The van der Waals surface area contributed by atoms with E-state index < -0.39 is 17.7 Å². The second kappa shape index (κ2) is 11.5. The number of carboxylic acid groups (broad SMARTS) is 1. The smallest absolute Gasteiger partial charge is 0.416 e. The van der Waals surface area contributed by atoms with Crippen LogP contribution in [-0.2, 0) is 11.0 Å². The molecule has 184 valence electrons. The van der Waals surface area contributed by atoms with Crippen LogP contribution in [0.3, 0.4) is 0 Å². The average Bonchev–Trinajstić information content (AvgIpc) is 3.10. The van der Waals surface area contributed by atoms with Crippen LogP contribution < -0.4 is 4.74 Å². The summed E-state index contributed by atoms with van der Waals surface area (Å²) in [6.45, 7) is 5.69. The molecule has 0 bridgehead atoms. The summed E-state index contributed by atoms with van der Waals surface area (Å²) in [6.07, 6.45) is -0.246. The molecule has 3 aromatic rings. The van der Waals surface area contributed by atoms with Crippen molar-refractivity contribution in [1.29, 1.82) is 0 Å². The Hall–Kier alpha value is -2.19. The molecule has 0 aliphatic carbocycles. The number of alkyl halides is 3. The largest absolute Gasteiger partial charge is 0.482 e. The lowest BCUT2D eigenvalue weighted by atomic mass is 9.94. The molecule has 0 aliphatic heterocycles. The van der Waals surface area contributed by atoms with Crippen molar-refractivity contribution in [1.82, 2.24) is 0 Å². The normalized spacial score (nSPS) is 12.8. The summed E-state index contributed by atoms with van der Waals surface area (Å²) in [4.78, 5) is 13.0. The predicted octanol–water partition coefficient (Wildman–Crippen LogP) is 8.46. The van der Waals surface area contributed by atoms with E-state index in [1.54, 1.807) is 23.9 Å². The van der Waals surface area contributed by atoms with Crippen molar-refractivity contribution in [3.63, 3.8) is 0 Å². The van der Waals surface area contributed by atoms with E-state index >= 15 is 0 Å². The topological polar surface area (TPSA) is 46.5 Å². The van der Waals surface area contributed by atoms with Gasteiger partial charge >= 0.3 is 12.1 Å². The van der Waals surface area contributed by atoms with Crippen molar-refractivity contribution in [3.05, 3.63) is 58.0 Å². The number of ether oxygens (including phenoxy) is 1. The number of carbonyl (C=O) groups is 1. The number of carboxylic acids is 1. The van der Waals surface area contributed by atoms with Gasteiger partial charge in [-0.1, -0.05) is 25.8 Å². The first-order valence-electron chi connectivity index (χ1n) is 11.3. The Morgan fingerprint density at radius 2 is 1.91 bits per heavy atom. The molecule has 0 saturated carbocycles. The number of aliphatic carboxylic acids is 1. The van der Waals surface area contributed by atoms with E-state index in [0.29, 0.717) is 16.4 Å². The van der Waals surface area contributed by atoms with Gasteiger partial charge in [-0.2, -0.15) is 13.2 Å². The Labute approximate surface area is 206 Å². The molecule has 0 radical (unpaired) electrons. The standard InChI is InChI=1S/C26H29F3O3S2/c1-4-5-6-18(11-12-33-20-8-10-22(16(2)13-20)32-15-24(30)31)25-17(3)21-9-7-19(26(27,28)29)14-23(21)34-25/h7-10,13-14,18H,4-6,11-12,15H2,1-3H3,(H,30,31). The molecule has 1 N–H and O–H groups in total. The van der Waals surface area contributed by atoms with Gasteiger partial charge < -0.3 is 9.84 Å². The maximum atomic E-state index is 13.2. The van der Waals surface area contributed by atoms with Crippen molar-refractivity contribution in [2.45, 2.75) is 63.4 Å². The Kier molecular flexibility index (Phi) is 8.93. The third kappa shape index (κ3) is 6.69. The van der Waals surface area contributed by atoms with Crippen molar-refractivity contribution >= 4 is 39.2 Å². The van der Waals surface area contributed by atoms with Gasteiger partial charge in [-0.3, -0.25) is 0 Å². The second-order valence-electron chi connectivity index (χ2n) is 8.39. The molecule has 3 rings (SSSR count). The minimum Gasteiger partial charge on any atom is -0.482 e. The number of thioether (sulfide) groups is 1. The fourth-order valence-corrected chi connectivity index (χ4v) is 6.48. The third-order valence-electron chi connectivity index (χ3n) is 5.81. The molecular weight excluding hydrogens is 481 g/mol. The minimum atomic E-state index is -4.34. The Morgan fingerprint density at radius 3 is 2.56 bits per heavy atom. The number of hydrogen-bond acceptors (Lipinski definition) is 4. The Morgan fingerprint density at radius 1 is 1.15 bits per heavy atom. The number of aryl methyl sites for hydroxylation is 2. The zero-order chi connectivity index (χ0) is 24.9. The van der Waals surface area contributed by atoms with Crippen molar-refractivity contribution in [2.75, 3.05) is 12.4 Å². The number of benzene rings is 2. The van der Waals surface area contributed by atoms with Gasteiger partial charge in [-0.15, -0.1) is 23.1 Å². The molecule has 34 heavy (non-hydrogen) atoms. The summed E-state index contributed by atoms with van der Waals surface area (Å²) in [7, 11) is 0. The van der Waals surface area contributed by atoms with Crippen LogP contribution in [0.4, 0.5) is 13.2 Å². The highest BCUT2D eigenvalue weighted by atomic mass is 32.2. The molecule has 2 aromatic carbocycles. The summed E-state index contributed by atoms with van der Waals surface area (Å²) in [6, 6.07) is 9.78. The van der Waals surface area contributed by atoms with Gasteiger partial charge in [0, 0.05) is 14.5 Å². The van der Waals surface area contributed by atoms with Gasteiger partial charge in [-0.25, -0.2) is 4.79 Å². The second-order valence-corrected chi connectivity index (χ2v) is 10.6. The van der Waals surface area contributed by atoms with Crippen LogP contribution in [0.15, 0.2) is 41.3 Å². The van der Waals surface area contributed by atoms with Gasteiger partial charge in [0.2, 0.25) is 0 Å². The van der Waals surface area contributed by atoms with E-state index in [-0.39, 0.29) is 6.61 Å². The van der Waals surface area contributed by atoms with Crippen LogP contribution in [0.25, 0.3) is 10.1 Å². The minimum absolute atomic E-state index is 0.304. The first-order chi connectivity index (χ1) is 16.1. The number of unbranched alkanes of at least 4 members (excludes halogenated alkanes) is 1. The van der Waals surface area contributed by atoms with Gasteiger partial charge in [0.15, 0.2) is 6.61 Å². The maximum absolute atomic E-state index is 13.2. The molecule has 1 atom stereocenters. The molecule has 1 unspecified atom stereocenters.